The molecule has 15 heteroatoms. The minimum atomic E-state index is -4.79. The van der Waals surface area contributed by atoms with Crippen molar-refractivity contribution in [3.63, 3.8) is 0 Å². The fraction of sp³-hybridized carbons (Fsp3) is 0.141. The van der Waals surface area contributed by atoms with Crippen LogP contribution in [0.5, 0.6) is 0 Å². The highest BCUT2D eigenvalue weighted by Gasteiger charge is 2.36. The maximum atomic E-state index is 15.1. The third kappa shape index (κ3) is 9.90. The summed E-state index contributed by atoms with van der Waals surface area (Å²) in [4.78, 5) is 0. The summed E-state index contributed by atoms with van der Waals surface area (Å²) in [6.07, 6.45) is -18.9. The predicted molar refractivity (Wildman–Crippen MR) is 315 cm³/mol. The smallest absolute Gasteiger partial charge is 0.308 e. The van der Waals surface area contributed by atoms with Crippen molar-refractivity contribution < 1.29 is 52.7 Å². The van der Waals surface area contributed by atoms with Crippen molar-refractivity contribution in [2.45, 2.75) is 66.2 Å². The number of benzene rings is 10. The van der Waals surface area contributed by atoms with E-state index in [2.05, 4.69) is 6.07 Å². The summed E-state index contributed by atoms with van der Waals surface area (Å²) in [5.41, 5.74) is 5.70. The average Bonchev–Trinajstić information content (AvgIpc) is 1.65. The third-order valence-corrected chi connectivity index (χ3v) is 16.3. The molecular formula is C71H47F12N3. The molecule has 0 bridgehead atoms. The Morgan fingerprint density at radius 3 is 0.953 bits per heavy atom. The first-order chi connectivity index (χ1) is 40.6. The molecule has 12 aromatic rings. The molecule has 0 spiro atoms. The highest BCUT2D eigenvalue weighted by Crippen LogP contribution is 2.48. The molecule has 0 radical (unpaired) electrons. The molecule has 12 rings (SSSR count). The first-order valence-corrected chi connectivity index (χ1v) is 27.1. The molecule has 0 aliphatic carbocycles. The van der Waals surface area contributed by atoms with Crippen LogP contribution in [-0.4, -0.2) is 9.13 Å². The molecule has 0 atom stereocenters. The van der Waals surface area contributed by atoms with E-state index in [1.54, 1.807) is 98.1 Å². The number of alkyl halides is 12. The van der Waals surface area contributed by atoms with E-state index in [4.69, 9.17) is 0 Å². The Bertz CT molecular complexity index is 4720. The van der Waals surface area contributed by atoms with Gasteiger partial charge in [-0.05, 0) is 193 Å². The van der Waals surface area contributed by atoms with Gasteiger partial charge in [-0.2, -0.15) is 57.9 Å². The van der Waals surface area contributed by atoms with E-state index < -0.39 is 47.0 Å². The van der Waals surface area contributed by atoms with Gasteiger partial charge in [-0.3, -0.25) is 0 Å². The fourth-order valence-electron chi connectivity index (χ4n) is 12.3. The maximum absolute atomic E-state index is 15.1. The van der Waals surface area contributed by atoms with E-state index in [1.807, 2.05) is 54.8 Å². The second-order valence-corrected chi connectivity index (χ2v) is 22.0. The minimum Gasteiger partial charge on any atom is -0.308 e. The van der Waals surface area contributed by atoms with E-state index in [-0.39, 0.29) is 55.9 Å². The first kappa shape index (κ1) is 56.9. The lowest BCUT2D eigenvalue weighted by Gasteiger charge is -2.23. The van der Waals surface area contributed by atoms with Crippen LogP contribution < -0.4 is 0 Å². The van der Waals surface area contributed by atoms with Crippen LogP contribution in [0.15, 0.2) is 176 Å². The molecule has 0 fully saturated rings. The number of aryl methyl sites for hydroxylation is 6. The van der Waals surface area contributed by atoms with Crippen LogP contribution in [0, 0.1) is 52.9 Å². The van der Waals surface area contributed by atoms with Crippen molar-refractivity contribution in [3.8, 4) is 73.1 Å². The van der Waals surface area contributed by atoms with Gasteiger partial charge < -0.3 is 9.13 Å². The van der Waals surface area contributed by atoms with Gasteiger partial charge in [0.05, 0.1) is 67.3 Å². The largest absolute Gasteiger partial charge is 0.417 e. The molecule has 2 heterocycles. The molecule has 86 heavy (non-hydrogen) atoms. The summed E-state index contributed by atoms with van der Waals surface area (Å²) < 4.78 is 178. The zero-order chi connectivity index (χ0) is 61.3. The molecule has 0 saturated carbocycles. The average molecular weight is 1170 g/mol. The standard InChI is InChI=1S/C71H47F12N3/c1-37-7-16-51(39(3)25-37)44-9-18-58-59-21-12-47(55-17-8-38(2)26-60(55)71(81,82)83)35-64(59)86(61(58)32-44)66-31-43(36-84)30-65(67(66)54-24-15-50(29-42(54)6)70(78,79)80)85-62-33-45(52-22-13-48(27-40(52)4)68(72,73)74)10-19-56(62)57-20-11-46(34-63(57)85)53-23-14-49(28-41(53)5)69(75,76)77/h7-35H,1-6H3. The van der Waals surface area contributed by atoms with Gasteiger partial charge in [0.25, 0.3) is 0 Å². The quantitative estimate of drug-likeness (QED) is 0.146. The van der Waals surface area contributed by atoms with E-state index >= 15 is 13.2 Å². The van der Waals surface area contributed by atoms with Gasteiger partial charge in [-0.15, -0.1) is 0 Å². The van der Waals surface area contributed by atoms with Crippen molar-refractivity contribution in [2.24, 2.45) is 0 Å². The Morgan fingerprint density at radius 2 is 0.628 bits per heavy atom. The lowest BCUT2D eigenvalue weighted by Crippen LogP contribution is -2.08. The maximum Gasteiger partial charge on any atom is 0.417 e. The Morgan fingerprint density at radius 1 is 0.314 bits per heavy atom. The SMILES string of the molecule is Cc1ccc(-c2ccc3c4ccc(-c5ccc(C)cc5C(F)(F)F)cc4n(-c4cc(C#N)cc(-n5c6cc(-c7ccc(C(F)(F)F)cc7C)ccc6c6ccc(-c7ccc(C(F)(F)F)cc7C)cc65)c4-c4ccc(C(F)(F)F)cc4C)c3c2)c(C)c1. The number of fused-ring (bicyclic) bond motifs is 6. The number of hydrogen-bond acceptors (Lipinski definition) is 1. The molecule has 2 aromatic heterocycles. The zero-order valence-electron chi connectivity index (χ0n) is 46.6. The van der Waals surface area contributed by atoms with Crippen LogP contribution in [0.4, 0.5) is 52.7 Å². The molecule has 0 aliphatic heterocycles. The fourth-order valence-corrected chi connectivity index (χ4v) is 12.3. The Hall–Kier alpha value is -9.55. The normalized spacial score (nSPS) is 12.5. The Balaban J connectivity index is 1.26. The second kappa shape index (κ2) is 20.3. The van der Waals surface area contributed by atoms with Crippen molar-refractivity contribution >= 4 is 43.6 Å². The van der Waals surface area contributed by atoms with Crippen LogP contribution in [0.2, 0.25) is 0 Å². The molecule has 0 saturated heterocycles. The predicted octanol–water partition coefficient (Wildman–Crippen LogP) is 22.0. The van der Waals surface area contributed by atoms with Crippen molar-refractivity contribution in [2.75, 3.05) is 0 Å². The topological polar surface area (TPSA) is 33.6 Å². The van der Waals surface area contributed by atoms with E-state index in [0.717, 1.165) is 64.7 Å². The second-order valence-electron chi connectivity index (χ2n) is 22.0. The molecule has 0 amide bonds. The van der Waals surface area contributed by atoms with Gasteiger partial charge in [-0.1, -0.05) is 108 Å². The molecule has 0 N–H and O–H groups in total. The van der Waals surface area contributed by atoms with E-state index in [9.17, 15) is 44.8 Å². The van der Waals surface area contributed by atoms with Gasteiger partial charge in [0, 0.05) is 27.1 Å². The Kier molecular flexibility index (Phi) is 13.4. The van der Waals surface area contributed by atoms with Crippen molar-refractivity contribution in [1.29, 1.82) is 5.26 Å². The summed E-state index contributed by atoms with van der Waals surface area (Å²) >= 11 is 0. The number of nitrogens with zero attached hydrogens (tertiary/aromatic N) is 3. The monoisotopic (exact) mass is 1170 g/mol. The first-order valence-electron chi connectivity index (χ1n) is 27.1. The highest BCUT2D eigenvalue weighted by molar-refractivity contribution is 6.14. The lowest BCUT2D eigenvalue weighted by atomic mass is 9.93. The summed E-state index contributed by atoms with van der Waals surface area (Å²) in [6, 6.07) is 46.8. The van der Waals surface area contributed by atoms with Crippen LogP contribution >= 0.6 is 0 Å². The van der Waals surface area contributed by atoms with Crippen LogP contribution in [0.3, 0.4) is 0 Å². The summed E-state index contributed by atoms with van der Waals surface area (Å²) in [5, 5.41) is 13.7. The highest BCUT2D eigenvalue weighted by atomic mass is 19.4. The van der Waals surface area contributed by atoms with E-state index in [1.165, 1.54) is 31.2 Å². The lowest BCUT2D eigenvalue weighted by molar-refractivity contribution is -0.138. The molecular weight excluding hydrogens is 1120 g/mol. The molecule has 0 unspecified atom stereocenters. The summed E-state index contributed by atoms with van der Waals surface area (Å²) in [7, 11) is 0. The number of halogens is 12. The number of nitriles is 1. The van der Waals surface area contributed by atoms with Crippen LogP contribution in [0.1, 0.15) is 61.2 Å². The molecule has 3 nitrogen and oxygen atoms in total. The van der Waals surface area contributed by atoms with Gasteiger partial charge in [0.2, 0.25) is 0 Å². The molecule has 10 aromatic carbocycles. The molecule has 430 valence electrons. The van der Waals surface area contributed by atoms with Gasteiger partial charge in [0.1, 0.15) is 0 Å². The Labute approximate surface area is 485 Å². The van der Waals surface area contributed by atoms with Crippen molar-refractivity contribution in [3.05, 3.63) is 237 Å². The zero-order valence-corrected chi connectivity index (χ0v) is 46.6. The summed E-state index contributed by atoms with van der Waals surface area (Å²) in [5.74, 6) is 0. The van der Waals surface area contributed by atoms with Crippen molar-refractivity contribution in [1.82, 2.24) is 9.13 Å². The minimum absolute atomic E-state index is 0.0392. The summed E-state index contributed by atoms with van der Waals surface area (Å²) in [6.45, 7) is 10.1. The molecule has 0 aliphatic rings. The van der Waals surface area contributed by atoms with Gasteiger partial charge >= 0.3 is 24.7 Å². The number of hydrogen-bond donors (Lipinski definition) is 0. The van der Waals surface area contributed by atoms with Crippen LogP contribution in [0.25, 0.3) is 111 Å². The third-order valence-electron chi connectivity index (χ3n) is 16.3. The van der Waals surface area contributed by atoms with Gasteiger partial charge in [-0.25, -0.2) is 0 Å². The number of rotatable bonds is 7. The van der Waals surface area contributed by atoms with Gasteiger partial charge in [0.15, 0.2) is 0 Å². The van der Waals surface area contributed by atoms with Crippen LogP contribution in [-0.2, 0) is 24.7 Å². The number of aromatic nitrogens is 2. The van der Waals surface area contributed by atoms with E-state index in [0.29, 0.717) is 71.4 Å².